The van der Waals surface area contributed by atoms with Crippen LogP contribution < -0.4 is 20.7 Å². The van der Waals surface area contributed by atoms with Crippen molar-refractivity contribution >= 4 is 94.2 Å². The van der Waals surface area contributed by atoms with Gasteiger partial charge in [0.2, 0.25) is 0 Å². The van der Waals surface area contributed by atoms with E-state index in [9.17, 15) is 0 Å². The Kier molecular flexibility index (Phi) is 9.23. The second-order valence-corrected chi connectivity index (χ2v) is 22.2. The molecule has 0 atom stereocenters. The first kappa shape index (κ1) is 40.1. The van der Waals surface area contributed by atoms with E-state index >= 15 is 0 Å². The maximum Gasteiger partial charge on any atom is 0.179 e. The molecular weight excluding hydrogens is 863 g/mol. The summed E-state index contributed by atoms with van der Waals surface area (Å²) in [5.41, 5.74) is 13.0. The fourth-order valence-corrected chi connectivity index (χ4v) is 16.6. The molecule has 328 valence electrons. The summed E-state index contributed by atoms with van der Waals surface area (Å²) in [6.07, 6.45) is 0. The molecule has 3 aromatic heterocycles. The van der Waals surface area contributed by atoms with Crippen molar-refractivity contribution in [2.24, 2.45) is 0 Å². The lowest BCUT2D eigenvalue weighted by atomic mass is 10.0. The molecule has 0 amide bonds. The van der Waals surface area contributed by atoms with Crippen molar-refractivity contribution < 1.29 is 0 Å². The third-order valence-electron chi connectivity index (χ3n) is 14.8. The van der Waals surface area contributed by atoms with Crippen molar-refractivity contribution in [3.8, 4) is 28.2 Å². The highest BCUT2D eigenvalue weighted by molar-refractivity contribution is 7.19. The van der Waals surface area contributed by atoms with E-state index in [2.05, 4.69) is 287 Å². The average molecular weight is 908 g/mol. The molecule has 0 saturated carbocycles. The zero-order chi connectivity index (χ0) is 46.2. The van der Waals surface area contributed by atoms with Gasteiger partial charge in [-0.3, -0.25) is 0 Å². The van der Waals surface area contributed by atoms with Crippen LogP contribution >= 0.6 is 0 Å². The first-order valence-electron chi connectivity index (χ1n) is 24.2. The van der Waals surface area contributed by atoms with E-state index in [1.165, 1.54) is 103 Å². The van der Waals surface area contributed by atoms with Crippen LogP contribution in [-0.4, -0.2) is 21.8 Å². The molecule has 3 nitrogen and oxygen atoms in total. The van der Waals surface area contributed by atoms with Gasteiger partial charge in [-0.05, 0) is 105 Å². The lowest BCUT2D eigenvalue weighted by Gasteiger charge is -2.34. The molecule has 14 rings (SSSR count). The van der Waals surface area contributed by atoms with Crippen LogP contribution in [0.3, 0.4) is 0 Å². The fraction of sp³-hybridized carbons (Fsp3) is 0. The van der Waals surface area contributed by atoms with E-state index < -0.39 is 8.07 Å². The molecule has 0 saturated heterocycles. The SMILES string of the molecule is c1ccc(-c2ccc3c(c2)c2ccccc2n3-c2cccc3c2c2ccccc2n3-c2ccc3c(c2)c2ccccc2n3-c2cccc([Si](c3ccccc3)(c3ccccc3)c3ccccc3)c2)cc1. The molecule has 0 aliphatic carbocycles. The Morgan fingerprint density at radius 1 is 0.229 bits per heavy atom. The zero-order valence-electron chi connectivity index (χ0n) is 38.3. The van der Waals surface area contributed by atoms with E-state index in [-0.39, 0.29) is 0 Å². The van der Waals surface area contributed by atoms with Gasteiger partial charge in [-0.2, -0.15) is 0 Å². The number of hydrogen-bond donors (Lipinski definition) is 0. The molecule has 0 fully saturated rings. The molecule has 0 bridgehead atoms. The minimum atomic E-state index is -2.77. The summed E-state index contributed by atoms with van der Waals surface area (Å²) in [7, 11) is -2.77. The van der Waals surface area contributed by atoms with Crippen LogP contribution in [0.2, 0.25) is 0 Å². The minimum absolute atomic E-state index is 1.13. The molecule has 4 heteroatoms. The summed E-state index contributed by atoms with van der Waals surface area (Å²) in [6, 6.07) is 101. The van der Waals surface area contributed by atoms with Crippen LogP contribution in [0.5, 0.6) is 0 Å². The largest absolute Gasteiger partial charge is 0.309 e. The first-order chi connectivity index (χ1) is 34.8. The van der Waals surface area contributed by atoms with Crippen molar-refractivity contribution in [1.82, 2.24) is 13.7 Å². The minimum Gasteiger partial charge on any atom is -0.309 e. The third-order valence-corrected chi connectivity index (χ3v) is 19.5. The molecule has 0 radical (unpaired) electrons. The summed E-state index contributed by atoms with van der Waals surface area (Å²) in [5, 5.41) is 12.8. The molecule has 14 aromatic rings. The number of rotatable bonds is 8. The Morgan fingerprint density at radius 3 is 1.30 bits per heavy atom. The van der Waals surface area contributed by atoms with E-state index in [1.807, 2.05) is 0 Å². The smallest absolute Gasteiger partial charge is 0.179 e. The summed E-state index contributed by atoms with van der Waals surface area (Å²) in [4.78, 5) is 0. The van der Waals surface area contributed by atoms with Crippen molar-refractivity contribution in [3.05, 3.63) is 273 Å². The molecule has 0 unspecified atom stereocenters. The lowest BCUT2D eigenvalue weighted by molar-refractivity contribution is 1.16. The van der Waals surface area contributed by atoms with Crippen molar-refractivity contribution in [2.75, 3.05) is 0 Å². The number of hydrogen-bond acceptors (Lipinski definition) is 0. The van der Waals surface area contributed by atoms with Crippen LogP contribution in [-0.2, 0) is 0 Å². The highest BCUT2D eigenvalue weighted by Gasteiger charge is 2.41. The summed E-state index contributed by atoms with van der Waals surface area (Å²) in [5.74, 6) is 0. The van der Waals surface area contributed by atoms with Crippen LogP contribution in [0.15, 0.2) is 273 Å². The van der Waals surface area contributed by atoms with Gasteiger partial charge in [-0.1, -0.05) is 200 Å². The Labute approximate surface area is 407 Å². The second-order valence-electron chi connectivity index (χ2n) is 18.4. The van der Waals surface area contributed by atoms with Crippen molar-refractivity contribution in [1.29, 1.82) is 0 Å². The Hall–Kier alpha value is -8.96. The second kappa shape index (κ2) is 16.1. The zero-order valence-corrected chi connectivity index (χ0v) is 39.3. The molecule has 0 spiro atoms. The Bertz CT molecular complexity index is 4180. The quantitative estimate of drug-likeness (QED) is 0.107. The normalized spacial score (nSPS) is 12.0. The summed E-state index contributed by atoms with van der Waals surface area (Å²) in [6.45, 7) is 0. The van der Waals surface area contributed by atoms with Crippen LogP contribution in [0.25, 0.3) is 93.6 Å². The Morgan fingerprint density at radius 2 is 0.657 bits per heavy atom. The van der Waals surface area contributed by atoms with E-state index in [0.717, 1.165) is 11.4 Å². The van der Waals surface area contributed by atoms with Gasteiger partial charge in [-0.15, -0.1) is 0 Å². The van der Waals surface area contributed by atoms with Crippen LogP contribution in [0.4, 0.5) is 0 Å². The number of benzene rings is 11. The molecule has 0 aliphatic heterocycles. The number of para-hydroxylation sites is 3. The predicted octanol–water partition coefficient (Wildman–Crippen LogP) is 14.0. The monoisotopic (exact) mass is 907 g/mol. The topological polar surface area (TPSA) is 14.8 Å². The highest BCUT2D eigenvalue weighted by Crippen LogP contribution is 2.42. The average Bonchev–Trinajstić information content (AvgIpc) is 4.08. The van der Waals surface area contributed by atoms with Crippen molar-refractivity contribution in [2.45, 2.75) is 0 Å². The molecule has 70 heavy (non-hydrogen) atoms. The molecular formula is C66H45N3Si. The summed E-state index contributed by atoms with van der Waals surface area (Å²) < 4.78 is 7.43. The molecule has 3 heterocycles. The number of aromatic nitrogens is 3. The number of nitrogens with zero attached hydrogens (tertiary/aromatic N) is 3. The highest BCUT2D eigenvalue weighted by atomic mass is 28.3. The maximum atomic E-state index is 2.48. The van der Waals surface area contributed by atoms with Gasteiger partial charge in [0.15, 0.2) is 8.07 Å². The van der Waals surface area contributed by atoms with Gasteiger partial charge in [-0.25, -0.2) is 0 Å². The van der Waals surface area contributed by atoms with E-state index in [4.69, 9.17) is 0 Å². The van der Waals surface area contributed by atoms with Gasteiger partial charge in [0.25, 0.3) is 0 Å². The lowest BCUT2D eigenvalue weighted by Crippen LogP contribution is -2.74. The summed E-state index contributed by atoms with van der Waals surface area (Å²) >= 11 is 0. The molecule has 0 aliphatic rings. The van der Waals surface area contributed by atoms with Gasteiger partial charge < -0.3 is 13.7 Å². The van der Waals surface area contributed by atoms with Crippen molar-refractivity contribution in [3.63, 3.8) is 0 Å². The van der Waals surface area contributed by atoms with E-state index in [0.29, 0.717) is 0 Å². The van der Waals surface area contributed by atoms with E-state index in [1.54, 1.807) is 0 Å². The number of fused-ring (bicyclic) bond motifs is 9. The van der Waals surface area contributed by atoms with Gasteiger partial charge in [0.1, 0.15) is 0 Å². The Balaban J connectivity index is 0.971. The third kappa shape index (κ3) is 6.00. The molecule has 11 aromatic carbocycles. The van der Waals surface area contributed by atoms with Crippen LogP contribution in [0.1, 0.15) is 0 Å². The van der Waals surface area contributed by atoms with Gasteiger partial charge >= 0.3 is 0 Å². The molecule has 0 N–H and O–H groups in total. The van der Waals surface area contributed by atoms with Crippen LogP contribution in [0, 0.1) is 0 Å². The predicted molar refractivity (Wildman–Crippen MR) is 299 cm³/mol. The maximum absolute atomic E-state index is 2.77. The van der Waals surface area contributed by atoms with Gasteiger partial charge in [0, 0.05) is 43.7 Å². The standard InChI is InChI=1S/C66H45N3Si/c1-5-21-46(22-6-1)47-39-41-63-57(43-47)54-31-14-17-35-60(54)69(63)65-38-20-37-64-66(65)56-33-15-18-36-61(56)68(64)49-40-42-62-58(45-49)55-32-13-16-34-59(55)67(62)48-23-19-30-53(44-48)70(50-24-7-2-8-25-50,51-26-9-3-10-27-51)52-28-11-4-12-29-52/h1-45H. The van der Waals surface area contributed by atoms with Gasteiger partial charge in [0.05, 0.1) is 38.8 Å². The first-order valence-corrected chi connectivity index (χ1v) is 26.2. The fourth-order valence-electron chi connectivity index (χ4n) is 11.8.